The summed E-state index contributed by atoms with van der Waals surface area (Å²) in [4.78, 5) is 25.7. The number of carbonyl (C=O) groups is 2. The summed E-state index contributed by atoms with van der Waals surface area (Å²) in [5.74, 6) is 0.182. The van der Waals surface area contributed by atoms with Crippen molar-refractivity contribution in [2.45, 2.75) is 32.5 Å². The Morgan fingerprint density at radius 1 is 1.27 bits per heavy atom. The molecule has 140 valence electrons. The first kappa shape index (κ1) is 19.9. The summed E-state index contributed by atoms with van der Waals surface area (Å²) in [5, 5.41) is 14.9. The largest absolute Gasteiger partial charge is 0.336 e. The summed E-state index contributed by atoms with van der Waals surface area (Å²) >= 11 is 1.27. The quantitative estimate of drug-likeness (QED) is 0.707. The highest BCUT2D eigenvalue weighted by Crippen LogP contribution is 2.15. The molecule has 26 heavy (non-hydrogen) atoms. The number of thioether (sulfide) groups is 1. The second-order valence-electron chi connectivity index (χ2n) is 6.49. The van der Waals surface area contributed by atoms with Gasteiger partial charge in [0.15, 0.2) is 0 Å². The number of likely N-dealkylation sites (N-methyl/N-ethyl adjacent to an activating group) is 1. The van der Waals surface area contributed by atoms with Crippen LogP contribution in [0.15, 0.2) is 29.4 Å². The van der Waals surface area contributed by atoms with Gasteiger partial charge in [-0.3, -0.25) is 9.59 Å². The highest BCUT2D eigenvalue weighted by atomic mass is 32.2. The van der Waals surface area contributed by atoms with E-state index in [2.05, 4.69) is 34.7 Å². The van der Waals surface area contributed by atoms with Crippen molar-refractivity contribution in [1.29, 1.82) is 0 Å². The predicted molar refractivity (Wildman–Crippen MR) is 101 cm³/mol. The molecule has 0 atom stereocenters. The number of anilines is 1. The van der Waals surface area contributed by atoms with Gasteiger partial charge in [0.1, 0.15) is 0 Å². The maximum Gasteiger partial charge on any atom is 0.243 e. The number of nitrogens with zero attached hydrogens (tertiary/aromatic N) is 5. The third kappa shape index (κ3) is 6.14. The molecular formula is C17H24N6O2S. The van der Waals surface area contributed by atoms with Crippen LogP contribution in [0.3, 0.4) is 0 Å². The monoisotopic (exact) mass is 376 g/mol. The fourth-order valence-electron chi connectivity index (χ4n) is 2.14. The minimum atomic E-state index is -0.237. The Balaban J connectivity index is 1.81. The average molecular weight is 376 g/mol. The van der Waals surface area contributed by atoms with Crippen molar-refractivity contribution in [2.75, 3.05) is 24.7 Å². The van der Waals surface area contributed by atoms with E-state index in [4.69, 9.17) is 0 Å². The molecule has 0 aliphatic heterocycles. The number of aromatic nitrogens is 4. The maximum absolute atomic E-state index is 12.3. The Labute approximate surface area is 157 Å². The van der Waals surface area contributed by atoms with Crippen molar-refractivity contribution in [2.24, 2.45) is 5.92 Å². The number of rotatable bonds is 8. The third-order valence-electron chi connectivity index (χ3n) is 3.50. The van der Waals surface area contributed by atoms with E-state index in [9.17, 15) is 9.59 Å². The molecule has 0 saturated heterocycles. The van der Waals surface area contributed by atoms with Crippen LogP contribution in [-0.2, 0) is 16.1 Å². The minimum Gasteiger partial charge on any atom is -0.336 e. The normalized spacial score (nSPS) is 10.8. The summed E-state index contributed by atoms with van der Waals surface area (Å²) in [5.41, 5.74) is 1.83. The van der Waals surface area contributed by atoms with Gasteiger partial charge in [0, 0.05) is 19.3 Å². The van der Waals surface area contributed by atoms with Crippen LogP contribution in [0.5, 0.6) is 0 Å². The molecular weight excluding hydrogens is 352 g/mol. The van der Waals surface area contributed by atoms with Crippen molar-refractivity contribution in [1.82, 2.24) is 25.1 Å². The molecule has 8 nitrogen and oxygen atoms in total. The molecule has 9 heteroatoms. The number of nitrogens with one attached hydrogen (secondary N) is 1. The molecule has 1 aromatic carbocycles. The summed E-state index contributed by atoms with van der Waals surface area (Å²) < 4.78 is 1.69. The minimum absolute atomic E-state index is 0.00972. The first-order valence-electron chi connectivity index (χ1n) is 8.34. The second-order valence-corrected chi connectivity index (χ2v) is 7.43. The fraction of sp³-hybridized carbons (Fsp3) is 0.471. The lowest BCUT2D eigenvalue weighted by molar-refractivity contribution is -0.131. The molecule has 2 rings (SSSR count). The summed E-state index contributed by atoms with van der Waals surface area (Å²) in [6, 6.07) is 7.50. The Kier molecular flexibility index (Phi) is 7.14. The number of benzene rings is 1. The molecule has 0 aliphatic carbocycles. The van der Waals surface area contributed by atoms with Crippen molar-refractivity contribution < 1.29 is 9.59 Å². The summed E-state index contributed by atoms with van der Waals surface area (Å²) in [6.07, 6.45) is 0. The van der Waals surface area contributed by atoms with Gasteiger partial charge in [-0.1, -0.05) is 43.3 Å². The van der Waals surface area contributed by atoms with E-state index in [0.717, 1.165) is 5.56 Å². The molecule has 2 aromatic rings. The Bertz CT molecular complexity index is 744. The van der Waals surface area contributed by atoms with E-state index in [1.165, 1.54) is 16.7 Å². The molecule has 1 aromatic heterocycles. The van der Waals surface area contributed by atoms with Crippen LogP contribution in [-0.4, -0.2) is 56.3 Å². The summed E-state index contributed by atoms with van der Waals surface area (Å²) in [7, 11) is 1.61. The molecule has 0 unspecified atom stereocenters. The lowest BCUT2D eigenvalue weighted by atomic mass is 10.2. The third-order valence-corrected chi connectivity index (χ3v) is 4.45. The summed E-state index contributed by atoms with van der Waals surface area (Å²) in [6.45, 7) is 6.80. The smallest absolute Gasteiger partial charge is 0.243 e. The molecule has 2 amide bonds. The van der Waals surface area contributed by atoms with E-state index in [-0.39, 0.29) is 24.1 Å². The predicted octanol–water partition coefficient (Wildman–Crippen LogP) is 1.83. The maximum atomic E-state index is 12.3. The van der Waals surface area contributed by atoms with Crippen LogP contribution >= 0.6 is 11.8 Å². The van der Waals surface area contributed by atoms with Gasteiger partial charge < -0.3 is 10.2 Å². The molecule has 1 heterocycles. The number of aryl methyl sites for hydroxylation is 1. The van der Waals surface area contributed by atoms with Gasteiger partial charge in [0.25, 0.3) is 0 Å². The SMILES string of the molecule is Cc1ccc(NC(=O)CN(C)C(=O)CSc2nnnn2CC(C)C)cc1. The Morgan fingerprint density at radius 3 is 2.62 bits per heavy atom. The highest BCUT2D eigenvalue weighted by molar-refractivity contribution is 7.99. The van der Waals surface area contributed by atoms with Crippen LogP contribution in [0.25, 0.3) is 0 Å². The van der Waals surface area contributed by atoms with Crippen LogP contribution in [0.1, 0.15) is 19.4 Å². The molecule has 0 radical (unpaired) electrons. The Morgan fingerprint density at radius 2 is 1.96 bits per heavy atom. The Hall–Kier alpha value is -2.42. The van der Waals surface area contributed by atoms with E-state index < -0.39 is 0 Å². The lowest BCUT2D eigenvalue weighted by Gasteiger charge is -2.16. The first-order chi connectivity index (χ1) is 12.3. The molecule has 0 spiro atoms. The molecule has 1 N–H and O–H groups in total. The molecule has 0 fully saturated rings. The number of hydrogen-bond donors (Lipinski definition) is 1. The zero-order valence-electron chi connectivity index (χ0n) is 15.5. The van der Waals surface area contributed by atoms with Crippen molar-refractivity contribution >= 4 is 29.3 Å². The highest BCUT2D eigenvalue weighted by Gasteiger charge is 2.16. The number of carbonyl (C=O) groups excluding carboxylic acids is 2. The van der Waals surface area contributed by atoms with E-state index >= 15 is 0 Å². The number of amides is 2. The van der Waals surface area contributed by atoms with Crippen LogP contribution in [0, 0.1) is 12.8 Å². The molecule has 0 aliphatic rings. The van der Waals surface area contributed by atoms with E-state index in [1.807, 2.05) is 31.2 Å². The van der Waals surface area contributed by atoms with Gasteiger partial charge in [-0.05, 0) is 35.4 Å². The zero-order valence-corrected chi connectivity index (χ0v) is 16.3. The van der Waals surface area contributed by atoms with Gasteiger partial charge >= 0.3 is 0 Å². The zero-order chi connectivity index (χ0) is 19.1. The number of hydrogen-bond acceptors (Lipinski definition) is 6. The topological polar surface area (TPSA) is 93.0 Å². The standard InChI is InChI=1S/C17H24N6O2S/c1-12(2)9-23-17(19-20-21-23)26-11-16(25)22(4)10-15(24)18-14-7-5-13(3)6-8-14/h5-8,12H,9-11H2,1-4H3,(H,18,24). The van der Waals surface area contributed by atoms with Crippen LogP contribution in [0.4, 0.5) is 5.69 Å². The van der Waals surface area contributed by atoms with Gasteiger partial charge in [0.2, 0.25) is 17.0 Å². The fourth-order valence-corrected chi connectivity index (χ4v) is 2.97. The van der Waals surface area contributed by atoms with E-state index in [0.29, 0.717) is 23.3 Å². The van der Waals surface area contributed by atoms with Gasteiger partial charge in [-0.2, -0.15) is 0 Å². The van der Waals surface area contributed by atoms with Crippen LogP contribution < -0.4 is 5.32 Å². The molecule has 0 bridgehead atoms. The van der Waals surface area contributed by atoms with Gasteiger partial charge in [0.05, 0.1) is 12.3 Å². The van der Waals surface area contributed by atoms with Crippen LogP contribution in [0.2, 0.25) is 0 Å². The molecule has 0 saturated carbocycles. The van der Waals surface area contributed by atoms with Gasteiger partial charge in [-0.15, -0.1) is 5.10 Å². The lowest BCUT2D eigenvalue weighted by Crippen LogP contribution is -2.36. The number of tetrazole rings is 1. The van der Waals surface area contributed by atoms with Crippen molar-refractivity contribution in [3.05, 3.63) is 29.8 Å². The van der Waals surface area contributed by atoms with Gasteiger partial charge in [-0.25, -0.2) is 4.68 Å². The average Bonchev–Trinajstić information content (AvgIpc) is 3.01. The van der Waals surface area contributed by atoms with E-state index in [1.54, 1.807) is 11.7 Å². The van der Waals surface area contributed by atoms with Crippen molar-refractivity contribution in [3.8, 4) is 0 Å². The second kappa shape index (κ2) is 9.33. The van der Waals surface area contributed by atoms with Crippen molar-refractivity contribution in [3.63, 3.8) is 0 Å². The first-order valence-corrected chi connectivity index (χ1v) is 9.33.